The van der Waals surface area contributed by atoms with Crippen LogP contribution in [0.15, 0.2) is 16.5 Å². The van der Waals surface area contributed by atoms with Gasteiger partial charge in [0, 0.05) is 6.54 Å². The highest BCUT2D eigenvalue weighted by molar-refractivity contribution is 5.90. The lowest BCUT2D eigenvalue weighted by Gasteiger charge is -2.24. The summed E-state index contributed by atoms with van der Waals surface area (Å²) in [4.78, 5) is 16.9. The number of carbonyl (C=O) groups excluding carboxylic acids is 1. The fraction of sp³-hybridized carbons (Fsp3) is 0.500. The van der Waals surface area contributed by atoms with Crippen LogP contribution >= 0.6 is 0 Å². The first kappa shape index (κ1) is 9.27. The summed E-state index contributed by atoms with van der Waals surface area (Å²) < 4.78 is 5.23. The van der Waals surface area contributed by atoms with Crippen molar-refractivity contribution in [1.29, 1.82) is 0 Å². The van der Waals surface area contributed by atoms with Crippen molar-refractivity contribution in [3.63, 3.8) is 0 Å². The van der Waals surface area contributed by atoms with E-state index in [0.717, 1.165) is 18.6 Å². The van der Waals surface area contributed by atoms with Gasteiger partial charge in [-0.15, -0.1) is 0 Å². The van der Waals surface area contributed by atoms with E-state index in [2.05, 4.69) is 0 Å². The van der Waals surface area contributed by atoms with Crippen LogP contribution in [0.25, 0.3) is 0 Å². The molecule has 1 aromatic heterocycles. The van der Waals surface area contributed by atoms with Gasteiger partial charge in [-0.05, 0) is 31.9 Å². The Morgan fingerprint density at radius 1 is 1.43 bits per heavy atom. The third-order valence-electron chi connectivity index (χ3n) is 2.18. The highest BCUT2D eigenvalue weighted by atomic mass is 16.7. The van der Waals surface area contributed by atoms with Crippen LogP contribution in [-0.2, 0) is 4.84 Å². The lowest BCUT2D eigenvalue weighted by atomic mass is 10.3. The van der Waals surface area contributed by atoms with E-state index in [9.17, 15) is 4.79 Å². The highest BCUT2D eigenvalue weighted by Gasteiger charge is 2.21. The van der Waals surface area contributed by atoms with Crippen molar-refractivity contribution < 1.29 is 14.0 Å². The molecule has 0 bridgehead atoms. The second-order valence-corrected chi connectivity index (χ2v) is 3.36. The molecule has 0 saturated carbocycles. The summed E-state index contributed by atoms with van der Waals surface area (Å²) in [6, 6.07) is 3.45. The summed E-state index contributed by atoms with van der Waals surface area (Å²) >= 11 is 0. The molecule has 1 saturated heterocycles. The summed E-state index contributed by atoms with van der Waals surface area (Å²) in [5.41, 5.74) is 0. The van der Waals surface area contributed by atoms with Gasteiger partial charge in [0.25, 0.3) is 0 Å². The maximum Gasteiger partial charge on any atom is 0.313 e. The molecule has 0 N–H and O–H groups in total. The third-order valence-corrected chi connectivity index (χ3v) is 2.18. The number of carbonyl (C=O) groups is 1. The zero-order chi connectivity index (χ0) is 9.97. The Balaban J connectivity index is 2.07. The van der Waals surface area contributed by atoms with Gasteiger partial charge in [-0.3, -0.25) is 9.63 Å². The summed E-state index contributed by atoms with van der Waals surface area (Å²) in [5.74, 6) is 0.910. The predicted octanol–water partition coefficient (Wildman–Crippen LogP) is 1.76. The number of amides is 1. The largest absolute Gasteiger partial charge is 0.456 e. The minimum absolute atomic E-state index is 0.183. The molecule has 0 unspecified atom stereocenters. The number of furan rings is 1. The maximum absolute atomic E-state index is 11.7. The zero-order valence-corrected chi connectivity index (χ0v) is 8.16. The van der Waals surface area contributed by atoms with E-state index in [1.165, 1.54) is 5.06 Å². The Bertz CT molecular complexity index is 326. The van der Waals surface area contributed by atoms with Crippen molar-refractivity contribution in [2.24, 2.45) is 0 Å². The summed E-state index contributed by atoms with van der Waals surface area (Å²) in [6.45, 7) is 3.08. The number of hydrogen-bond donors (Lipinski definition) is 0. The first-order valence-electron chi connectivity index (χ1n) is 4.78. The third kappa shape index (κ3) is 1.80. The Labute approximate surface area is 82.4 Å². The molecule has 1 amide bonds. The number of aryl methyl sites for hydroxylation is 1. The van der Waals surface area contributed by atoms with Crippen molar-refractivity contribution in [2.75, 3.05) is 13.2 Å². The van der Waals surface area contributed by atoms with Gasteiger partial charge >= 0.3 is 5.91 Å². The van der Waals surface area contributed by atoms with Crippen LogP contribution in [-0.4, -0.2) is 24.1 Å². The van der Waals surface area contributed by atoms with E-state index in [0.29, 0.717) is 18.9 Å². The molecule has 1 aromatic rings. The van der Waals surface area contributed by atoms with E-state index in [-0.39, 0.29) is 5.91 Å². The van der Waals surface area contributed by atoms with Crippen molar-refractivity contribution in [3.8, 4) is 0 Å². The molecule has 14 heavy (non-hydrogen) atoms. The molecule has 2 heterocycles. The monoisotopic (exact) mass is 195 g/mol. The SMILES string of the molecule is Cc1ccc(C(=O)N2CCCCO2)o1. The first-order valence-corrected chi connectivity index (χ1v) is 4.78. The number of rotatable bonds is 1. The second kappa shape index (κ2) is 3.84. The molecule has 0 atom stereocenters. The Morgan fingerprint density at radius 2 is 2.29 bits per heavy atom. The van der Waals surface area contributed by atoms with Crippen LogP contribution in [0.1, 0.15) is 29.2 Å². The molecule has 1 aliphatic heterocycles. The van der Waals surface area contributed by atoms with Crippen LogP contribution in [0, 0.1) is 6.92 Å². The predicted molar refractivity (Wildman–Crippen MR) is 49.7 cm³/mol. The van der Waals surface area contributed by atoms with Gasteiger partial charge in [0.2, 0.25) is 0 Å². The summed E-state index contributed by atoms with van der Waals surface area (Å²) in [5, 5.41) is 1.38. The van der Waals surface area contributed by atoms with Crippen LogP contribution in [0.2, 0.25) is 0 Å². The molecule has 76 valence electrons. The van der Waals surface area contributed by atoms with Gasteiger partial charge in [0.1, 0.15) is 5.76 Å². The molecule has 1 aliphatic rings. The van der Waals surface area contributed by atoms with Gasteiger partial charge in [-0.1, -0.05) is 0 Å². The van der Waals surface area contributed by atoms with Crippen molar-refractivity contribution >= 4 is 5.91 Å². The Hall–Kier alpha value is -1.29. The Morgan fingerprint density at radius 3 is 2.86 bits per heavy atom. The quantitative estimate of drug-likeness (QED) is 0.685. The van der Waals surface area contributed by atoms with Gasteiger partial charge < -0.3 is 4.42 Å². The highest BCUT2D eigenvalue weighted by Crippen LogP contribution is 2.13. The van der Waals surface area contributed by atoms with E-state index in [1.54, 1.807) is 12.1 Å². The van der Waals surface area contributed by atoms with E-state index < -0.39 is 0 Å². The van der Waals surface area contributed by atoms with E-state index >= 15 is 0 Å². The Kier molecular flexibility index (Phi) is 2.54. The average molecular weight is 195 g/mol. The second-order valence-electron chi connectivity index (χ2n) is 3.36. The average Bonchev–Trinajstić information content (AvgIpc) is 2.65. The molecule has 0 aromatic carbocycles. The van der Waals surface area contributed by atoms with E-state index in [1.807, 2.05) is 6.92 Å². The number of hydroxylamine groups is 2. The van der Waals surface area contributed by atoms with Crippen molar-refractivity contribution in [2.45, 2.75) is 19.8 Å². The summed E-state index contributed by atoms with van der Waals surface area (Å²) in [7, 11) is 0. The standard InChI is InChI=1S/C10H13NO3/c1-8-4-5-9(14-8)10(12)11-6-2-3-7-13-11/h4-5H,2-3,6-7H2,1H3. The lowest BCUT2D eigenvalue weighted by Crippen LogP contribution is -2.35. The van der Waals surface area contributed by atoms with Crippen LogP contribution < -0.4 is 0 Å². The number of nitrogens with zero attached hydrogens (tertiary/aromatic N) is 1. The fourth-order valence-electron chi connectivity index (χ4n) is 1.43. The van der Waals surface area contributed by atoms with Crippen molar-refractivity contribution in [1.82, 2.24) is 5.06 Å². The molecule has 0 aliphatic carbocycles. The minimum atomic E-state index is -0.183. The minimum Gasteiger partial charge on any atom is -0.456 e. The zero-order valence-electron chi connectivity index (χ0n) is 8.16. The van der Waals surface area contributed by atoms with Crippen LogP contribution in [0.5, 0.6) is 0 Å². The molecule has 0 spiro atoms. The topological polar surface area (TPSA) is 42.7 Å². The van der Waals surface area contributed by atoms with Gasteiger partial charge in [0.15, 0.2) is 5.76 Å². The first-order chi connectivity index (χ1) is 6.77. The van der Waals surface area contributed by atoms with Gasteiger partial charge in [0.05, 0.1) is 6.61 Å². The fourth-order valence-corrected chi connectivity index (χ4v) is 1.43. The molecule has 4 nitrogen and oxygen atoms in total. The normalized spacial score (nSPS) is 17.1. The molecule has 1 fully saturated rings. The molecule has 0 radical (unpaired) electrons. The lowest BCUT2D eigenvalue weighted by molar-refractivity contribution is -0.145. The molecular formula is C10H13NO3. The number of hydrogen-bond acceptors (Lipinski definition) is 3. The van der Waals surface area contributed by atoms with Gasteiger partial charge in [-0.2, -0.15) is 0 Å². The van der Waals surface area contributed by atoms with Crippen molar-refractivity contribution in [3.05, 3.63) is 23.7 Å². The van der Waals surface area contributed by atoms with Gasteiger partial charge in [-0.25, -0.2) is 5.06 Å². The molecule has 2 rings (SSSR count). The molecular weight excluding hydrogens is 182 g/mol. The maximum atomic E-state index is 11.7. The summed E-state index contributed by atoms with van der Waals surface area (Å²) in [6.07, 6.45) is 2.01. The van der Waals surface area contributed by atoms with Crippen LogP contribution in [0.4, 0.5) is 0 Å². The van der Waals surface area contributed by atoms with E-state index in [4.69, 9.17) is 9.25 Å². The molecule has 4 heteroatoms. The van der Waals surface area contributed by atoms with Crippen LogP contribution in [0.3, 0.4) is 0 Å². The smallest absolute Gasteiger partial charge is 0.313 e.